The summed E-state index contributed by atoms with van der Waals surface area (Å²) >= 11 is 6.26. The fraction of sp³-hybridized carbons (Fsp3) is 0.286. The number of carbonyl (C=O) groups excluding carboxylic acids is 2. The van der Waals surface area contributed by atoms with Gasteiger partial charge in [0.2, 0.25) is 5.91 Å². The van der Waals surface area contributed by atoms with E-state index in [1.165, 1.54) is 17.8 Å². The number of nitrogens with one attached hydrogen (secondary N) is 1. The molecule has 2 unspecified atom stereocenters. The minimum absolute atomic E-state index is 0.00345. The molecule has 2 saturated heterocycles. The molecule has 156 valence electrons. The average molecular weight is 447 g/mol. The Morgan fingerprint density at radius 2 is 1.93 bits per heavy atom. The van der Waals surface area contributed by atoms with E-state index in [-0.39, 0.29) is 29.0 Å². The van der Waals surface area contributed by atoms with E-state index in [1.807, 2.05) is 12.1 Å². The van der Waals surface area contributed by atoms with Crippen LogP contribution in [0.25, 0.3) is 0 Å². The smallest absolute Gasteiger partial charge is 0.409 e. The van der Waals surface area contributed by atoms with Crippen LogP contribution in [-0.2, 0) is 22.4 Å². The van der Waals surface area contributed by atoms with Crippen LogP contribution in [0.2, 0.25) is 0 Å². The molecular weight excluding hydrogens is 427 g/mol. The Bertz CT molecular complexity index is 999. The van der Waals surface area contributed by atoms with E-state index in [0.717, 1.165) is 5.56 Å². The maximum atomic E-state index is 14.5. The van der Waals surface area contributed by atoms with Gasteiger partial charge in [-0.1, -0.05) is 42.2 Å². The molecule has 0 aromatic heterocycles. The number of benzene rings is 2. The van der Waals surface area contributed by atoms with Gasteiger partial charge in [-0.3, -0.25) is 4.79 Å². The monoisotopic (exact) mass is 446 g/mol. The van der Waals surface area contributed by atoms with Crippen LogP contribution in [0.15, 0.2) is 42.5 Å². The molecule has 2 aliphatic heterocycles. The van der Waals surface area contributed by atoms with E-state index in [0.29, 0.717) is 35.1 Å². The molecule has 0 saturated carbocycles. The molecule has 0 radical (unpaired) electrons. The molecule has 0 spiro atoms. The molecule has 9 heteroatoms. The van der Waals surface area contributed by atoms with Crippen LogP contribution in [-0.4, -0.2) is 46.2 Å². The number of hydrogen-bond donors (Lipinski definition) is 1. The molecule has 2 fully saturated rings. The lowest BCUT2D eigenvalue weighted by Crippen LogP contribution is -2.30. The first-order chi connectivity index (χ1) is 14.4. The van der Waals surface area contributed by atoms with Crippen LogP contribution in [0.5, 0.6) is 11.5 Å². The third-order valence-corrected chi connectivity index (χ3v) is 6.41. The topological polar surface area (TPSA) is 67.9 Å². The summed E-state index contributed by atoms with van der Waals surface area (Å²) in [5.74, 6) is -0.0231. The fourth-order valence-corrected chi connectivity index (χ4v) is 4.62. The molecule has 2 aromatic rings. The summed E-state index contributed by atoms with van der Waals surface area (Å²) in [6, 6.07) is 12.0. The van der Waals surface area contributed by atoms with E-state index in [9.17, 15) is 14.0 Å². The van der Waals surface area contributed by atoms with Gasteiger partial charge in [-0.15, -0.1) is 0 Å². The summed E-state index contributed by atoms with van der Waals surface area (Å²) in [4.78, 5) is 24.8. The lowest BCUT2D eigenvalue weighted by atomic mass is 10.1. The Balaban J connectivity index is 1.37. The number of cyclic esters (lactones) is 1. The van der Waals surface area contributed by atoms with Crippen LogP contribution in [0, 0.1) is 5.82 Å². The number of nitrogens with zero attached hydrogens (tertiary/aromatic N) is 1. The number of thioether (sulfide) groups is 1. The second-order valence-corrected chi connectivity index (χ2v) is 9.02. The van der Waals surface area contributed by atoms with Crippen molar-refractivity contribution in [3.63, 3.8) is 0 Å². The van der Waals surface area contributed by atoms with Gasteiger partial charge >= 0.3 is 6.09 Å². The predicted octanol–water partition coefficient (Wildman–Crippen LogP) is 3.67. The summed E-state index contributed by atoms with van der Waals surface area (Å²) in [7, 11) is 1.72. The number of likely N-dealkylation sites (N-methyl/N-ethyl adjacent to an activating group) is 1. The first-order valence-electron chi connectivity index (χ1n) is 9.35. The molecule has 2 amide bonds. The molecule has 2 atom stereocenters. The van der Waals surface area contributed by atoms with Crippen molar-refractivity contribution in [2.75, 3.05) is 13.7 Å². The number of carbonyl (C=O) groups is 2. The third-order valence-electron chi connectivity index (χ3n) is 5.04. The first kappa shape index (κ1) is 20.6. The zero-order chi connectivity index (χ0) is 21.3. The quantitative estimate of drug-likeness (QED) is 0.683. The molecule has 4 rings (SSSR count). The van der Waals surface area contributed by atoms with Gasteiger partial charge in [0.05, 0.1) is 11.3 Å². The highest BCUT2D eigenvalue weighted by atomic mass is 32.2. The van der Waals surface area contributed by atoms with E-state index in [1.54, 1.807) is 36.2 Å². The zero-order valence-corrected chi connectivity index (χ0v) is 17.7. The summed E-state index contributed by atoms with van der Waals surface area (Å²) < 4.78 is 25.6. The number of amides is 2. The number of halogens is 1. The van der Waals surface area contributed by atoms with Gasteiger partial charge in [0.15, 0.2) is 11.6 Å². The van der Waals surface area contributed by atoms with Crippen LogP contribution < -0.4 is 10.1 Å². The van der Waals surface area contributed by atoms with E-state index in [2.05, 4.69) is 5.32 Å². The average Bonchev–Trinajstić information content (AvgIpc) is 3.20. The van der Waals surface area contributed by atoms with Crippen molar-refractivity contribution in [3.8, 4) is 11.5 Å². The Hall–Kier alpha value is -2.65. The Kier molecular flexibility index (Phi) is 5.92. The fourth-order valence-electron chi connectivity index (χ4n) is 3.31. The molecular formula is C21H19FN2O4S2. The summed E-state index contributed by atoms with van der Waals surface area (Å²) in [6.45, 7) is 0.373. The highest BCUT2D eigenvalue weighted by Crippen LogP contribution is 2.28. The number of hydrogen-bond acceptors (Lipinski definition) is 6. The third kappa shape index (κ3) is 4.57. The molecule has 2 aliphatic rings. The molecule has 1 N–H and O–H groups in total. The Morgan fingerprint density at radius 3 is 2.53 bits per heavy atom. The molecule has 30 heavy (non-hydrogen) atoms. The molecule has 0 aliphatic carbocycles. The van der Waals surface area contributed by atoms with Gasteiger partial charge in [-0.05, 0) is 48.2 Å². The summed E-state index contributed by atoms with van der Waals surface area (Å²) in [6.07, 6.45) is 0.750. The highest BCUT2D eigenvalue weighted by Gasteiger charge is 2.30. The minimum Gasteiger partial charge on any atom is -0.454 e. The van der Waals surface area contributed by atoms with Crippen molar-refractivity contribution in [1.29, 1.82) is 0 Å². The number of thiocarbonyl (C=S) groups is 1. The van der Waals surface area contributed by atoms with Crippen LogP contribution in [0.4, 0.5) is 9.18 Å². The van der Waals surface area contributed by atoms with Gasteiger partial charge in [0.1, 0.15) is 16.7 Å². The lowest BCUT2D eigenvalue weighted by Gasteiger charge is -2.16. The van der Waals surface area contributed by atoms with Crippen LogP contribution >= 0.6 is 24.0 Å². The summed E-state index contributed by atoms with van der Waals surface area (Å²) in [5.41, 5.74) is 1.73. The molecule has 0 bridgehead atoms. The second-order valence-electron chi connectivity index (χ2n) is 7.14. The normalized spacial score (nSPS) is 21.0. The van der Waals surface area contributed by atoms with Crippen LogP contribution in [0.3, 0.4) is 0 Å². The van der Waals surface area contributed by atoms with Gasteiger partial charge in [-0.25, -0.2) is 9.18 Å². The van der Waals surface area contributed by atoms with Gasteiger partial charge in [0, 0.05) is 7.05 Å². The van der Waals surface area contributed by atoms with Crippen molar-refractivity contribution in [2.24, 2.45) is 0 Å². The van der Waals surface area contributed by atoms with Crippen molar-refractivity contribution >= 4 is 40.3 Å². The Morgan fingerprint density at radius 1 is 1.20 bits per heavy atom. The van der Waals surface area contributed by atoms with E-state index in [4.69, 9.17) is 21.7 Å². The van der Waals surface area contributed by atoms with E-state index < -0.39 is 5.82 Å². The minimum atomic E-state index is -0.495. The van der Waals surface area contributed by atoms with Gasteiger partial charge in [0.25, 0.3) is 0 Å². The molecule has 2 aromatic carbocycles. The lowest BCUT2D eigenvalue weighted by molar-refractivity contribution is -0.118. The zero-order valence-electron chi connectivity index (χ0n) is 16.1. The largest absolute Gasteiger partial charge is 0.454 e. The van der Waals surface area contributed by atoms with E-state index >= 15 is 0 Å². The van der Waals surface area contributed by atoms with Crippen LogP contribution in [0.1, 0.15) is 11.1 Å². The summed E-state index contributed by atoms with van der Waals surface area (Å²) in [5, 5.41) is 2.25. The van der Waals surface area contributed by atoms with Crippen molar-refractivity contribution in [2.45, 2.75) is 24.1 Å². The standard InChI is InChI=1S/C21H19FN2O4S2/c1-24-14(11-27-21(24)26)8-12-2-5-15(6-3-12)28-17-7-4-13(9-16(17)22)10-18-19(25)23-20(29)30-18/h2-7,9,14,18H,8,10-11H2,1H3,(H,23,25,29). The number of rotatable bonds is 6. The Labute approximate surface area is 182 Å². The van der Waals surface area contributed by atoms with Crippen molar-refractivity contribution in [1.82, 2.24) is 10.2 Å². The molecule has 2 heterocycles. The molecule has 6 nitrogen and oxygen atoms in total. The van der Waals surface area contributed by atoms with Gasteiger partial charge in [-0.2, -0.15) is 0 Å². The predicted molar refractivity (Wildman–Crippen MR) is 115 cm³/mol. The first-order valence-corrected chi connectivity index (χ1v) is 10.6. The second kappa shape index (κ2) is 8.61. The highest BCUT2D eigenvalue weighted by molar-refractivity contribution is 8.24. The maximum Gasteiger partial charge on any atom is 0.409 e. The van der Waals surface area contributed by atoms with Crippen molar-refractivity contribution < 1.29 is 23.5 Å². The van der Waals surface area contributed by atoms with Crippen molar-refractivity contribution in [3.05, 3.63) is 59.4 Å². The number of ether oxygens (including phenoxy) is 2. The maximum absolute atomic E-state index is 14.5. The SMILES string of the molecule is CN1C(=O)OCC1Cc1ccc(Oc2ccc(CC3SC(=S)NC3=O)cc2F)cc1. The van der Waals surface area contributed by atoms with Gasteiger partial charge < -0.3 is 19.7 Å².